The normalized spacial score (nSPS) is 12.9. The molecule has 0 atom stereocenters. The Morgan fingerprint density at radius 1 is 1.50 bits per heavy atom. The van der Waals surface area contributed by atoms with Gasteiger partial charge >= 0.3 is 0 Å². The second-order valence-electron chi connectivity index (χ2n) is 1.90. The molecule has 0 unspecified atom stereocenters. The van der Waals surface area contributed by atoms with Gasteiger partial charge in [-0.25, -0.2) is 0 Å². The molecule has 0 aromatic rings. The Bertz CT molecular complexity index is 127. The summed E-state index contributed by atoms with van der Waals surface area (Å²) in [6, 6.07) is 0. The van der Waals surface area contributed by atoms with Crippen molar-refractivity contribution in [2.24, 2.45) is 0 Å². The summed E-state index contributed by atoms with van der Waals surface area (Å²) in [5, 5.41) is 0. The van der Waals surface area contributed by atoms with E-state index in [1.807, 2.05) is 13.0 Å². The first kappa shape index (κ1) is 10.2. The smallest absolute Gasteiger partial charge is 0.0404 e. The topological polar surface area (TPSA) is 0 Å². The Morgan fingerprint density at radius 2 is 2.20 bits per heavy atom. The van der Waals surface area contributed by atoms with Crippen LogP contribution in [0.1, 0.15) is 19.8 Å². The minimum atomic E-state index is 0.619. The predicted octanol–water partition coefficient (Wildman–Crippen LogP) is 3.86. The van der Waals surface area contributed by atoms with E-state index in [4.69, 9.17) is 11.6 Å². The fourth-order valence-corrected chi connectivity index (χ4v) is 0.901. The van der Waals surface area contributed by atoms with E-state index in [2.05, 4.69) is 28.1 Å². The minimum absolute atomic E-state index is 0.619. The van der Waals surface area contributed by atoms with Crippen LogP contribution in [0.3, 0.4) is 0 Å². The van der Waals surface area contributed by atoms with E-state index in [1.54, 1.807) is 0 Å². The molecule has 0 amide bonds. The highest BCUT2D eigenvalue weighted by molar-refractivity contribution is 9.11. The molecule has 58 valence electrons. The van der Waals surface area contributed by atoms with Gasteiger partial charge in [-0.1, -0.05) is 34.2 Å². The Hall–Kier alpha value is 0.250. The van der Waals surface area contributed by atoms with Crippen LogP contribution >= 0.6 is 27.5 Å². The third-order valence-electron chi connectivity index (χ3n) is 1.12. The molecule has 10 heavy (non-hydrogen) atoms. The molecule has 0 heterocycles. The van der Waals surface area contributed by atoms with Gasteiger partial charge in [0.2, 0.25) is 0 Å². The predicted molar refractivity (Wildman–Crippen MR) is 51.8 cm³/mol. The van der Waals surface area contributed by atoms with Gasteiger partial charge < -0.3 is 0 Å². The van der Waals surface area contributed by atoms with Crippen LogP contribution in [-0.4, -0.2) is 5.88 Å². The van der Waals surface area contributed by atoms with Crippen LogP contribution in [0, 0.1) is 0 Å². The summed E-state index contributed by atoms with van der Waals surface area (Å²) < 4.78 is 1.26. The SMILES string of the molecule is CC=C(Br)CCC=CCCl. The van der Waals surface area contributed by atoms with Crippen LogP contribution in [0.5, 0.6) is 0 Å². The van der Waals surface area contributed by atoms with Crippen molar-refractivity contribution in [2.75, 3.05) is 5.88 Å². The van der Waals surface area contributed by atoms with Crippen molar-refractivity contribution in [1.82, 2.24) is 0 Å². The van der Waals surface area contributed by atoms with E-state index in [1.165, 1.54) is 4.48 Å². The molecule has 0 rings (SSSR count). The highest BCUT2D eigenvalue weighted by Gasteiger charge is 1.85. The fourth-order valence-electron chi connectivity index (χ4n) is 0.546. The molecule has 0 saturated heterocycles. The summed E-state index contributed by atoms with van der Waals surface area (Å²) in [6.45, 7) is 2.02. The average molecular weight is 224 g/mol. The van der Waals surface area contributed by atoms with Crippen molar-refractivity contribution >= 4 is 27.5 Å². The zero-order valence-electron chi connectivity index (χ0n) is 6.11. The molecular weight excluding hydrogens is 211 g/mol. The number of rotatable bonds is 4. The second-order valence-corrected chi connectivity index (χ2v) is 3.23. The molecule has 0 radical (unpaired) electrons. The Kier molecular flexibility index (Phi) is 7.54. The first-order valence-corrected chi connectivity index (χ1v) is 4.65. The minimum Gasteiger partial charge on any atom is -0.122 e. The number of allylic oxidation sites excluding steroid dienone is 4. The molecule has 0 aromatic carbocycles. The molecule has 0 bridgehead atoms. The summed E-state index contributed by atoms with van der Waals surface area (Å²) >= 11 is 8.86. The summed E-state index contributed by atoms with van der Waals surface area (Å²) in [6.07, 6.45) is 8.27. The Morgan fingerprint density at radius 3 is 2.70 bits per heavy atom. The van der Waals surface area contributed by atoms with Gasteiger partial charge in [0.1, 0.15) is 0 Å². The lowest BCUT2D eigenvalue weighted by atomic mass is 10.3. The number of halogens is 2. The van der Waals surface area contributed by atoms with Crippen molar-refractivity contribution in [3.8, 4) is 0 Å². The van der Waals surface area contributed by atoms with E-state index in [0.717, 1.165) is 12.8 Å². The van der Waals surface area contributed by atoms with Crippen LogP contribution in [-0.2, 0) is 0 Å². The number of hydrogen-bond donors (Lipinski definition) is 0. The Balaban J connectivity index is 3.28. The van der Waals surface area contributed by atoms with Crippen molar-refractivity contribution in [3.63, 3.8) is 0 Å². The van der Waals surface area contributed by atoms with Crippen LogP contribution in [0.4, 0.5) is 0 Å². The molecule has 0 aromatic heterocycles. The average Bonchev–Trinajstić information content (AvgIpc) is 1.98. The van der Waals surface area contributed by atoms with Crippen LogP contribution in [0.2, 0.25) is 0 Å². The van der Waals surface area contributed by atoms with E-state index in [9.17, 15) is 0 Å². The highest BCUT2D eigenvalue weighted by Crippen LogP contribution is 2.12. The van der Waals surface area contributed by atoms with Gasteiger partial charge in [-0.05, 0) is 24.2 Å². The van der Waals surface area contributed by atoms with Crippen molar-refractivity contribution in [1.29, 1.82) is 0 Å². The molecular formula is C8H12BrCl. The number of hydrogen-bond acceptors (Lipinski definition) is 0. The van der Waals surface area contributed by atoms with Crippen LogP contribution in [0.15, 0.2) is 22.7 Å². The van der Waals surface area contributed by atoms with Crippen molar-refractivity contribution < 1.29 is 0 Å². The first-order valence-electron chi connectivity index (χ1n) is 3.33. The standard InChI is InChI=1S/C8H12BrCl/c1-2-8(9)6-4-3-5-7-10/h2-3,5H,4,6-7H2,1H3. The maximum Gasteiger partial charge on any atom is 0.0404 e. The van der Waals surface area contributed by atoms with E-state index < -0.39 is 0 Å². The van der Waals surface area contributed by atoms with Gasteiger partial charge in [-0.15, -0.1) is 11.6 Å². The maximum absolute atomic E-state index is 5.44. The molecule has 0 spiro atoms. The molecule has 0 aliphatic heterocycles. The summed E-state index contributed by atoms with van der Waals surface area (Å²) in [5.74, 6) is 0.619. The summed E-state index contributed by atoms with van der Waals surface area (Å²) in [4.78, 5) is 0. The molecule has 0 aliphatic rings. The molecule has 0 fully saturated rings. The third kappa shape index (κ3) is 6.37. The van der Waals surface area contributed by atoms with Gasteiger partial charge in [-0.3, -0.25) is 0 Å². The van der Waals surface area contributed by atoms with E-state index >= 15 is 0 Å². The van der Waals surface area contributed by atoms with Crippen molar-refractivity contribution in [2.45, 2.75) is 19.8 Å². The molecule has 0 saturated carbocycles. The number of alkyl halides is 1. The van der Waals surface area contributed by atoms with Crippen LogP contribution in [0.25, 0.3) is 0 Å². The first-order chi connectivity index (χ1) is 4.81. The molecule has 0 aliphatic carbocycles. The summed E-state index contributed by atoms with van der Waals surface area (Å²) in [5.41, 5.74) is 0. The lowest BCUT2D eigenvalue weighted by Gasteiger charge is -1.91. The lowest BCUT2D eigenvalue weighted by molar-refractivity contribution is 1.04. The largest absolute Gasteiger partial charge is 0.122 e. The highest BCUT2D eigenvalue weighted by atomic mass is 79.9. The van der Waals surface area contributed by atoms with Gasteiger partial charge in [0.25, 0.3) is 0 Å². The van der Waals surface area contributed by atoms with E-state index in [-0.39, 0.29) is 0 Å². The Labute approximate surface area is 76.1 Å². The quantitative estimate of drug-likeness (QED) is 0.501. The maximum atomic E-state index is 5.44. The van der Waals surface area contributed by atoms with Crippen molar-refractivity contribution in [3.05, 3.63) is 22.7 Å². The van der Waals surface area contributed by atoms with Gasteiger partial charge in [0.05, 0.1) is 0 Å². The monoisotopic (exact) mass is 222 g/mol. The van der Waals surface area contributed by atoms with Gasteiger partial charge in [0.15, 0.2) is 0 Å². The molecule has 0 N–H and O–H groups in total. The van der Waals surface area contributed by atoms with E-state index in [0.29, 0.717) is 5.88 Å². The van der Waals surface area contributed by atoms with Gasteiger partial charge in [0, 0.05) is 5.88 Å². The zero-order chi connectivity index (χ0) is 7.82. The second kappa shape index (κ2) is 7.36. The molecule has 2 heteroatoms. The lowest BCUT2D eigenvalue weighted by Crippen LogP contribution is -1.70. The fraction of sp³-hybridized carbons (Fsp3) is 0.500. The zero-order valence-corrected chi connectivity index (χ0v) is 8.45. The summed E-state index contributed by atoms with van der Waals surface area (Å²) in [7, 11) is 0. The van der Waals surface area contributed by atoms with Gasteiger partial charge in [-0.2, -0.15) is 0 Å². The third-order valence-corrected chi connectivity index (χ3v) is 2.15. The van der Waals surface area contributed by atoms with Crippen LogP contribution < -0.4 is 0 Å². The molecule has 0 nitrogen and oxygen atoms in total.